The Kier molecular flexibility index (Phi) is 3.81. The number of nitrogens with one attached hydrogen (secondary N) is 2. The predicted molar refractivity (Wildman–Crippen MR) is 97.3 cm³/mol. The van der Waals surface area contributed by atoms with Gasteiger partial charge < -0.3 is 10.6 Å². The maximum atomic E-state index is 4.18. The minimum atomic E-state index is 0.575. The standard InChI is InChI=1S/C19H17N5/c1-2-6-16(7-3-1)21-17-12-10-15(11-13-17)20-14-24-19-9-5-4-8-18(19)22-23-24/h1-13,20-21H,14H2. The Hall–Kier alpha value is -3.34. The fourth-order valence-corrected chi connectivity index (χ4v) is 2.56. The van der Waals surface area contributed by atoms with Gasteiger partial charge in [-0.15, -0.1) is 5.10 Å². The van der Waals surface area contributed by atoms with Gasteiger partial charge in [-0.25, -0.2) is 4.68 Å². The molecule has 0 unspecified atom stereocenters. The molecule has 24 heavy (non-hydrogen) atoms. The molecule has 1 aromatic heterocycles. The van der Waals surface area contributed by atoms with Crippen LogP contribution in [0.5, 0.6) is 0 Å². The van der Waals surface area contributed by atoms with Gasteiger partial charge in [0, 0.05) is 17.1 Å². The zero-order valence-corrected chi connectivity index (χ0v) is 13.1. The quantitative estimate of drug-likeness (QED) is 0.578. The summed E-state index contributed by atoms with van der Waals surface area (Å²) in [5, 5.41) is 15.1. The van der Waals surface area contributed by atoms with Crippen LogP contribution in [0.3, 0.4) is 0 Å². The number of hydrogen-bond donors (Lipinski definition) is 2. The van der Waals surface area contributed by atoms with Crippen LogP contribution in [-0.4, -0.2) is 15.0 Å². The lowest BCUT2D eigenvalue weighted by molar-refractivity contribution is 0.655. The molecule has 0 saturated heterocycles. The molecule has 0 amide bonds. The highest BCUT2D eigenvalue weighted by molar-refractivity contribution is 5.73. The van der Waals surface area contributed by atoms with E-state index in [0.717, 1.165) is 28.1 Å². The summed E-state index contributed by atoms with van der Waals surface area (Å²) in [7, 11) is 0. The first-order valence-electron chi connectivity index (χ1n) is 7.83. The van der Waals surface area contributed by atoms with E-state index in [2.05, 4.69) is 33.1 Å². The van der Waals surface area contributed by atoms with Crippen LogP contribution in [0.4, 0.5) is 17.1 Å². The SMILES string of the molecule is c1ccc(Nc2ccc(NCn3nnc4ccccc43)cc2)cc1. The molecule has 0 aliphatic carbocycles. The van der Waals surface area contributed by atoms with Crippen LogP contribution < -0.4 is 10.6 Å². The van der Waals surface area contributed by atoms with E-state index in [1.54, 1.807) is 0 Å². The van der Waals surface area contributed by atoms with Crippen molar-refractivity contribution in [2.24, 2.45) is 0 Å². The van der Waals surface area contributed by atoms with E-state index < -0.39 is 0 Å². The van der Waals surface area contributed by atoms with E-state index in [9.17, 15) is 0 Å². The van der Waals surface area contributed by atoms with Crippen molar-refractivity contribution < 1.29 is 0 Å². The van der Waals surface area contributed by atoms with Gasteiger partial charge in [-0.1, -0.05) is 35.5 Å². The monoisotopic (exact) mass is 315 g/mol. The van der Waals surface area contributed by atoms with Gasteiger partial charge in [0.1, 0.15) is 12.2 Å². The minimum Gasteiger partial charge on any atom is -0.366 e. The topological polar surface area (TPSA) is 54.8 Å². The van der Waals surface area contributed by atoms with E-state index in [0.29, 0.717) is 6.67 Å². The van der Waals surface area contributed by atoms with Crippen LogP contribution in [-0.2, 0) is 6.67 Å². The first-order chi connectivity index (χ1) is 11.9. The molecular formula is C19H17N5. The Morgan fingerprint density at radius 1 is 0.708 bits per heavy atom. The molecule has 4 aromatic rings. The van der Waals surface area contributed by atoms with Crippen molar-refractivity contribution >= 4 is 28.1 Å². The van der Waals surface area contributed by atoms with Gasteiger partial charge in [0.2, 0.25) is 0 Å². The number of rotatable bonds is 5. The molecule has 5 heteroatoms. The second-order valence-electron chi connectivity index (χ2n) is 5.48. The third-order valence-corrected chi connectivity index (χ3v) is 3.80. The second kappa shape index (κ2) is 6.42. The summed E-state index contributed by atoms with van der Waals surface area (Å²) in [6, 6.07) is 26.3. The van der Waals surface area contributed by atoms with Crippen LogP contribution in [0.1, 0.15) is 0 Å². The number of anilines is 3. The van der Waals surface area contributed by atoms with E-state index in [-0.39, 0.29) is 0 Å². The molecule has 0 spiro atoms. The van der Waals surface area contributed by atoms with Crippen LogP contribution in [0.2, 0.25) is 0 Å². The highest BCUT2D eigenvalue weighted by atomic mass is 15.4. The van der Waals surface area contributed by atoms with Gasteiger partial charge in [-0.3, -0.25) is 0 Å². The molecule has 3 aromatic carbocycles. The molecule has 0 bridgehead atoms. The number of fused-ring (bicyclic) bond motifs is 1. The Bertz CT molecular complexity index is 929. The van der Waals surface area contributed by atoms with Crippen LogP contribution in [0.25, 0.3) is 11.0 Å². The Labute approximate surface area is 139 Å². The smallest absolute Gasteiger partial charge is 0.113 e. The fourth-order valence-electron chi connectivity index (χ4n) is 2.56. The second-order valence-corrected chi connectivity index (χ2v) is 5.48. The van der Waals surface area contributed by atoms with Crippen molar-refractivity contribution in [1.29, 1.82) is 0 Å². The van der Waals surface area contributed by atoms with Crippen molar-refractivity contribution in [2.45, 2.75) is 6.67 Å². The lowest BCUT2D eigenvalue weighted by Crippen LogP contribution is -2.09. The number of aromatic nitrogens is 3. The van der Waals surface area contributed by atoms with Crippen molar-refractivity contribution in [1.82, 2.24) is 15.0 Å². The van der Waals surface area contributed by atoms with E-state index in [1.807, 2.05) is 71.4 Å². The summed E-state index contributed by atoms with van der Waals surface area (Å²) in [6.45, 7) is 0.575. The largest absolute Gasteiger partial charge is 0.366 e. The van der Waals surface area contributed by atoms with Crippen molar-refractivity contribution in [3.8, 4) is 0 Å². The highest BCUT2D eigenvalue weighted by Crippen LogP contribution is 2.19. The molecule has 5 nitrogen and oxygen atoms in total. The van der Waals surface area contributed by atoms with Crippen molar-refractivity contribution in [3.63, 3.8) is 0 Å². The lowest BCUT2D eigenvalue weighted by Gasteiger charge is -2.09. The van der Waals surface area contributed by atoms with Gasteiger partial charge in [-0.2, -0.15) is 0 Å². The van der Waals surface area contributed by atoms with Gasteiger partial charge in [0.15, 0.2) is 0 Å². The maximum absolute atomic E-state index is 4.18. The molecule has 0 saturated carbocycles. The summed E-state index contributed by atoms with van der Waals surface area (Å²) in [5.41, 5.74) is 5.09. The Morgan fingerprint density at radius 2 is 1.38 bits per heavy atom. The molecule has 4 rings (SSSR count). The number of nitrogens with zero attached hydrogens (tertiary/aromatic N) is 3. The highest BCUT2D eigenvalue weighted by Gasteiger charge is 2.02. The third kappa shape index (κ3) is 3.05. The molecule has 118 valence electrons. The fraction of sp³-hybridized carbons (Fsp3) is 0.0526. The number of para-hydroxylation sites is 2. The normalized spacial score (nSPS) is 10.7. The van der Waals surface area contributed by atoms with Gasteiger partial charge >= 0.3 is 0 Å². The maximum Gasteiger partial charge on any atom is 0.113 e. The molecule has 2 N–H and O–H groups in total. The molecule has 0 aliphatic rings. The average Bonchev–Trinajstić information content (AvgIpc) is 3.05. The third-order valence-electron chi connectivity index (χ3n) is 3.80. The van der Waals surface area contributed by atoms with Crippen LogP contribution >= 0.6 is 0 Å². The van der Waals surface area contributed by atoms with E-state index in [4.69, 9.17) is 0 Å². The summed E-state index contributed by atoms with van der Waals surface area (Å²) >= 11 is 0. The van der Waals surface area contributed by atoms with Crippen molar-refractivity contribution in [2.75, 3.05) is 10.6 Å². The van der Waals surface area contributed by atoms with E-state index in [1.165, 1.54) is 0 Å². The molecule has 0 aliphatic heterocycles. The van der Waals surface area contributed by atoms with Gasteiger partial charge in [0.05, 0.1) is 5.52 Å². The Morgan fingerprint density at radius 3 is 2.21 bits per heavy atom. The molecule has 0 atom stereocenters. The van der Waals surface area contributed by atoms with Crippen LogP contribution in [0, 0.1) is 0 Å². The molecule has 0 fully saturated rings. The summed E-state index contributed by atoms with van der Waals surface area (Å²) in [5.74, 6) is 0. The molecule has 0 radical (unpaired) electrons. The first kappa shape index (κ1) is 14.3. The summed E-state index contributed by atoms with van der Waals surface area (Å²) in [4.78, 5) is 0. The van der Waals surface area contributed by atoms with E-state index >= 15 is 0 Å². The predicted octanol–water partition coefficient (Wildman–Crippen LogP) is 4.24. The van der Waals surface area contributed by atoms with Crippen LogP contribution in [0.15, 0.2) is 78.9 Å². The van der Waals surface area contributed by atoms with Crippen molar-refractivity contribution in [3.05, 3.63) is 78.9 Å². The Balaban J connectivity index is 1.42. The lowest BCUT2D eigenvalue weighted by atomic mass is 10.2. The summed E-state index contributed by atoms with van der Waals surface area (Å²) in [6.07, 6.45) is 0. The molecule has 1 heterocycles. The minimum absolute atomic E-state index is 0.575. The summed E-state index contributed by atoms with van der Waals surface area (Å²) < 4.78 is 1.85. The average molecular weight is 315 g/mol. The zero-order valence-electron chi connectivity index (χ0n) is 13.1. The zero-order chi connectivity index (χ0) is 16.2. The number of benzene rings is 3. The van der Waals surface area contributed by atoms with Gasteiger partial charge in [0.25, 0.3) is 0 Å². The first-order valence-corrected chi connectivity index (χ1v) is 7.83. The van der Waals surface area contributed by atoms with Gasteiger partial charge in [-0.05, 0) is 48.5 Å². The molecular weight excluding hydrogens is 298 g/mol. The number of hydrogen-bond acceptors (Lipinski definition) is 4.